The highest BCUT2D eigenvalue weighted by Gasteiger charge is 2.14. The molecule has 6 nitrogen and oxygen atoms in total. The average Bonchev–Trinajstić information content (AvgIpc) is 2.41. The highest BCUT2D eigenvalue weighted by atomic mass is 19.1. The quantitative estimate of drug-likeness (QED) is 0.886. The van der Waals surface area contributed by atoms with Crippen molar-refractivity contribution in [1.82, 2.24) is 4.98 Å². The summed E-state index contributed by atoms with van der Waals surface area (Å²) >= 11 is 0. The number of nitrogen functional groups attached to an aromatic ring is 1. The van der Waals surface area contributed by atoms with Gasteiger partial charge in [0.2, 0.25) is 5.88 Å². The topological polar surface area (TPSA) is 109 Å². The molecule has 1 heterocycles. The Hall–Kier alpha value is -3.14. The van der Waals surface area contributed by atoms with Gasteiger partial charge in [-0.2, -0.15) is 5.26 Å². The number of nitrogens with zero attached hydrogens (tertiary/aromatic N) is 2. The molecule has 3 N–H and O–H groups in total. The van der Waals surface area contributed by atoms with E-state index in [0.717, 1.165) is 6.07 Å². The van der Waals surface area contributed by atoms with Crippen molar-refractivity contribution in [3.63, 3.8) is 0 Å². The number of carboxylic acid groups (broad SMARTS) is 1. The maximum Gasteiger partial charge on any atom is 0.338 e. The van der Waals surface area contributed by atoms with Crippen molar-refractivity contribution in [2.24, 2.45) is 0 Å². The molecule has 0 saturated carbocycles. The second kappa shape index (κ2) is 5.24. The molecule has 0 atom stereocenters. The minimum atomic E-state index is -1.22. The van der Waals surface area contributed by atoms with E-state index < -0.39 is 11.8 Å². The van der Waals surface area contributed by atoms with Gasteiger partial charge in [-0.05, 0) is 18.2 Å². The Kier molecular flexibility index (Phi) is 3.48. The zero-order chi connectivity index (χ0) is 14.7. The molecule has 20 heavy (non-hydrogen) atoms. The van der Waals surface area contributed by atoms with E-state index in [0.29, 0.717) is 0 Å². The standard InChI is InChI=1S/C13H8FN3O3/c14-10-5-8(2-1-7(10)6-15)20-12-11(16)9(13(18)19)3-4-17-12/h1-5H,16H2,(H,18,19). The van der Waals surface area contributed by atoms with Gasteiger partial charge >= 0.3 is 5.97 Å². The molecule has 7 heteroatoms. The average molecular weight is 273 g/mol. The fourth-order valence-electron chi connectivity index (χ4n) is 1.48. The highest BCUT2D eigenvalue weighted by Crippen LogP contribution is 2.28. The Labute approximate surface area is 112 Å². The fraction of sp³-hybridized carbons (Fsp3) is 0. The van der Waals surface area contributed by atoms with Gasteiger partial charge in [-0.1, -0.05) is 0 Å². The van der Waals surface area contributed by atoms with Crippen molar-refractivity contribution in [3.05, 3.63) is 47.4 Å². The summed E-state index contributed by atoms with van der Waals surface area (Å²) in [5, 5.41) is 17.5. The Morgan fingerprint density at radius 3 is 2.80 bits per heavy atom. The van der Waals surface area contributed by atoms with E-state index in [1.54, 1.807) is 6.07 Å². The van der Waals surface area contributed by atoms with Gasteiger partial charge in [0.05, 0.1) is 11.1 Å². The molecular formula is C13H8FN3O3. The number of halogens is 1. The van der Waals surface area contributed by atoms with Gasteiger partial charge in [-0.3, -0.25) is 0 Å². The SMILES string of the molecule is N#Cc1ccc(Oc2nccc(C(=O)O)c2N)cc1F. The largest absolute Gasteiger partial charge is 0.478 e. The number of carboxylic acids is 1. The van der Waals surface area contributed by atoms with Crippen molar-refractivity contribution in [2.45, 2.75) is 0 Å². The van der Waals surface area contributed by atoms with Crippen LogP contribution in [0.1, 0.15) is 15.9 Å². The van der Waals surface area contributed by atoms with Crippen LogP contribution < -0.4 is 10.5 Å². The molecule has 0 radical (unpaired) electrons. The van der Waals surface area contributed by atoms with E-state index in [2.05, 4.69) is 4.98 Å². The third-order valence-electron chi connectivity index (χ3n) is 2.46. The number of pyridine rings is 1. The predicted molar refractivity (Wildman–Crippen MR) is 66.8 cm³/mol. The maximum absolute atomic E-state index is 13.4. The van der Waals surface area contributed by atoms with Crippen LogP contribution in [-0.4, -0.2) is 16.1 Å². The van der Waals surface area contributed by atoms with Crippen molar-refractivity contribution < 1.29 is 19.0 Å². The first-order chi connectivity index (χ1) is 9.52. The number of aromatic nitrogens is 1. The molecule has 0 unspecified atom stereocenters. The molecule has 0 aliphatic carbocycles. The van der Waals surface area contributed by atoms with Crippen LogP contribution in [-0.2, 0) is 0 Å². The molecule has 0 saturated heterocycles. The van der Waals surface area contributed by atoms with Crippen LogP contribution in [0.4, 0.5) is 10.1 Å². The van der Waals surface area contributed by atoms with E-state index in [1.165, 1.54) is 24.4 Å². The van der Waals surface area contributed by atoms with Gasteiger partial charge < -0.3 is 15.6 Å². The molecule has 0 spiro atoms. The van der Waals surface area contributed by atoms with E-state index in [4.69, 9.17) is 20.8 Å². The summed E-state index contributed by atoms with van der Waals surface area (Å²) in [4.78, 5) is 14.7. The number of anilines is 1. The minimum absolute atomic E-state index is 0.0586. The summed E-state index contributed by atoms with van der Waals surface area (Å²) in [6, 6.07) is 6.49. The summed E-state index contributed by atoms with van der Waals surface area (Å²) in [5.74, 6) is -2.06. The van der Waals surface area contributed by atoms with Crippen LogP contribution in [0.25, 0.3) is 0 Å². The zero-order valence-corrected chi connectivity index (χ0v) is 10.0. The summed E-state index contributed by atoms with van der Waals surface area (Å²) in [7, 11) is 0. The summed E-state index contributed by atoms with van der Waals surface area (Å²) < 4.78 is 18.6. The summed E-state index contributed by atoms with van der Waals surface area (Å²) in [6.07, 6.45) is 1.22. The van der Waals surface area contributed by atoms with Gasteiger partial charge in [0.1, 0.15) is 23.3 Å². The van der Waals surface area contributed by atoms with Crippen LogP contribution in [0.2, 0.25) is 0 Å². The molecule has 100 valence electrons. The van der Waals surface area contributed by atoms with Crippen LogP contribution in [0.5, 0.6) is 11.6 Å². The fourth-order valence-corrected chi connectivity index (χ4v) is 1.48. The maximum atomic E-state index is 13.4. The Bertz CT molecular complexity index is 725. The molecular weight excluding hydrogens is 265 g/mol. The highest BCUT2D eigenvalue weighted by molar-refractivity contribution is 5.94. The van der Waals surface area contributed by atoms with Gasteiger partial charge in [0.15, 0.2) is 0 Å². The second-order valence-corrected chi connectivity index (χ2v) is 3.74. The van der Waals surface area contributed by atoms with Gasteiger partial charge in [-0.15, -0.1) is 0 Å². The van der Waals surface area contributed by atoms with E-state index in [-0.39, 0.29) is 28.4 Å². The third-order valence-corrected chi connectivity index (χ3v) is 2.46. The molecule has 0 fully saturated rings. The first kappa shape index (κ1) is 13.3. The monoisotopic (exact) mass is 273 g/mol. The molecule has 0 aliphatic heterocycles. The molecule has 0 amide bonds. The van der Waals surface area contributed by atoms with Crippen molar-refractivity contribution in [1.29, 1.82) is 5.26 Å². The van der Waals surface area contributed by atoms with Gasteiger partial charge in [0, 0.05) is 12.3 Å². The molecule has 2 aromatic rings. The minimum Gasteiger partial charge on any atom is -0.478 e. The Morgan fingerprint density at radius 1 is 1.45 bits per heavy atom. The van der Waals surface area contributed by atoms with E-state index in [9.17, 15) is 9.18 Å². The van der Waals surface area contributed by atoms with Crippen LogP contribution in [0, 0.1) is 17.1 Å². The number of nitrogens with two attached hydrogens (primary N) is 1. The number of carbonyl (C=O) groups is 1. The lowest BCUT2D eigenvalue weighted by Crippen LogP contribution is -2.05. The number of hydrogen-bond donors (Lipinski definition) is 2. The molecule has 1 aromatic heterocycles. The number of rotatable bonds is 3. The smallest absolute Gasteiger partial charge is 0.338 e. The van der Waals surface area contributed by atoms with Crippen molar-refractivity contribution in [2.75, 3.05) is 5.73 Å². The van der Waals surface area contributed by atoms with Crippen LogP contribution >= 0.6 is 0 Å². The summed E-state index contributed by atoms with van der Waals surface area (Å²) in [6.45, 7) is 0. The van der Waals surface area contributed by atoms with Crippen molar-refractivity contribution in [3.8, 4) is 17.7 Å². The number of nitriles is 1. The first-order valence-corrected chi connectivity index (χ1v) is 5.38. The second-order valence-electron chi connectivity index (χ2n) is 3.74. The van der Waals surface area contributed by atoms with E-state index >= 15 is 0 Å². The zero-order valence-electron chi connectivity index (χ0n) is 10.0. The van der Waals surface area contributed by atoms with Crippen LogP contribution in [0.3, 0.4) is 0 Å². The number of aromatic carboxylic acids is 1. The third kappa shape index (κ3) is 2.49. The lowest BCUT2D eigenvalue weighted by atomic mass is 10.2. The van der Waals surface area contributed by atoms with E-state index in [1.807, 2.05) is 0 Å². The normalized spacial score (nSPS) is 9.80. The lowest BCUT2D eigenvalue weighted by molar-refractivity contribution is 0.0697. The molecule has 0 aliphatic rings. The Balaban J connectivity index is 2.36. The lowest BCUT2D eigenvalue weighted by Gasteiger charge is -2.09. The summed E-state index contributed by atoms with van der Waals surface area (Å²) in [5.41, 5.74) is 5.16. The number of benzene rings is 1. The van der Waals surface area contributed by atoms with Gasteiger partial charge in [-0.25, -0.2) is 14.2 Å². The molecule has 1 aromatic carbocycles. The Morgan fingerprint density at radius 2 is 2.20 bits per heavy atom. The predicted octanol–water partition coefficient (Wildman–Crippen LogP) is 2.17. The van der Waals surface area contributed by atoms with Gasteiger partial charge in [0.25, 0.3) is 0 Å². The number of hydrogen-bond acceptors (Lipinski definition) is 5. The van der Waals surface area contributed by atoms with Crippen LogP contribution in [0.15, 0.2) is 30.5 Å². The molecule has 0 bridgehead atoms. The number of ether oxygens (including phenoxy) is 1. The molecule has 2 rings (SSSR count). The van der Waals surface area contributed by atoms with Crippen molar-refractivity contribution >= 4 is 11.7 Å². The first-order valence-electron chi connectivity index (χ1n) is 5.38.